The molecule has 0 spiro atoms. The molecule has 1 amide bonds. The highest BCUT2D eigenvalue weighted by atomic mass is 32.2. The minimum atomic E-state index is -3.62. The summed E-state index contributed by atoms with van der Waals surface area (Å²) in [4.78, 5) is 12.0. The van der Waals surface area contributed by atoms with Crippen LogP contribution in [0.3, 0.4) is 0 Å². The van der Waals surface area contributed by atoms with Gasteiger partial charge in [-0.1, -0.05) is 25.1 Å². The van der Waals surface area contributed by atoms with E-state index < -0.39 is 10.0 Å². The fourth-order valence-electron chi connectivity index (χ4n) is 2.96. The Hall–Kier alpha value is -2.54. The van der Waals surface area contributed by atoms with Gasteiger partial charge in [-0.2, -0.15) is 0 Å². The Morgan fingerprint density at radius 3 is 2.59 bits per heavy atom. The molecule has 144 valence electrons. The summed E-state index contributed by atoms with van der Waals surface area (Å²) < 4.78 is 32.8. The topological polar surface area (TPSA) is 75.7 Å². The van der Waals surface area contributed by atoms with E-state index >= 15 is 0 Å². The standard InChI is InChI=1S/C20H24N2O4S/c1-3-15(2)21-20(23)14-26-17-8-10-18(11-9-17)27(24,25)22-13-12-16-6-4-5-7-19(16)22/h4-11,15H,3,12-14H2,1-2H3,(H,21,23)/t15-/m1/s1. The number of benzene rings is 2. The highest BCUT2D eigenvalue weighted by molar-refractivity contribution is 7.92. The molecule has 1 N–H and O–H groups in total. The average molecular weight is 388 g/mol. The molecule has 1 aliphatic rings. The molecule has 0 aliphatic carbocycles. The van der Waals surface area contributed by atoms with Gasteiger partial charge >= 0.3 is 0 Å². The highest BCUT2D eigenvalue weighted by Crippen LogP contribution is 2.32. The van der Waals surface area contributed by atoms with Gasteiger partial charge in [0.05, 0.1) is 10.6 Å². The van der Waals surface area contributed by atoms with E-state index in [1.807, 2.05) is 38.1 Å². The molecular weight excluding hydrogens is 364 g/mol. The first-order valence-corrected chi connectivity index (χ1v) is 10.5. The van der Waals surface area contributed by atoms with Crippen LogP contribution < -0.4 is 14.4 Å². The highest BCUT2D eigenvalue weighted by Gasteiger charge is 2.30. The van der Waals surface area contributed by atoms with E-state index in [0.717, 1.165) is 17.7 Å². The van der Waals surface area contributed by atoms with Crippen LogP contribution in [0.1, 0.15) is 25.8 Å². The summed E-state index contributed by atoms with van der Waals surface area (Å²) in [6.07, 6.45) is 1.56. The fraction of sp³-hybridized carbons (Fsp3) is 0.350. The van der Waals surface area contributed by atoms with Crippen molar-refractivity contribution >= 4 is 21.6 Å². The first kappa shape index (κ1) is 19.2. The number of fused-ring (bicyclic) bond motifs is 1. The molecule has 3 rings (SSSR count). The summed E-state index contributed by atoms with van der Waals surface area (Å²) in [5, 5.41) is 2.82. The van der Waals surface area contributed by atoms with Crippen LogP contribution in [0.5, 0.6) is 5.75 Å². The minimum absolute atomic E-state index is 0.0944. The first-order chi connectivity index (χ1) is 12.9. The van der Waals surface area contributed by atoms with Crippen molar-refractivity contribution in [3.8, 4) is 5.75 Å². The van der Waals surface area contributed by atoms with E-state index in [1.54, 1.807) is 12.1 Å². The second kappa shape index (κ2) is 8.00. The number of rotatable bonds is 7. The summed E-state index contributed by atoms with van der Waals surface area (Å²) >= 11 is 0. The largest absolute Gasteiger partial charge is 0.484 e. The fourth-order valence-corrected chi connectivity index (χ4v) is 4.46. The Bertz CT molecular complexity index is 910. The van der Waals surface area contributed by atoms with Crippen molar-refractivity contribution in [2.24, 2.45) is 0 Å². The van der Waals surface area contributed by atoms with E-state index in [-0.39, 0.29) is 23.5 Å². The second-order valence-electron chi connectivity index (χ2n) is 6.59. The summed E-state index contributed by atoms with van der Waals surface area (Å²) in [5.41, 5.74) is 1.77. The molecule has 7 heteroatoms. The Morgan fingerprint density at radius 1 is 1.19 bits per heavy atom. The summed E-state index contributed by atoms with van der Waals surface area (Å²) in [7, 11) is -3.62. The summed E-state index contributed by atoms with van der Waals surface area (Å²) in [6, 6.07) is 13.8. The number of hydrogen-bond donors (Lipinski definition) is 1. The maximum atomic E-state index is 12.9. The van der Waals surface area contributed by atoms with Crippen LogP contribution in [0.4, 0.5) is 5.69 Å². The van der Waals surface area contributed by atoms with Crippen molar-refractivity contribution < 1.29 is 17.9 Å². The maximum absolute atomic E-state index is 12.9. The number of ether oxygens (including phenoxy) is 1. The van der Waals surface area contributed by atoms with Crippen LogP contribution in [0.15, 0.2) is 53.4 Å². The normalized spacial score (nSPS) is 14.5. The number of sulfonamides is 1. The molecular formula is C20H24N2O4S. The molecule has 0 aromatic heterocycles. The van der Waals surface area contributed by atoms with Gasteiger partial charge in [-0.15, -0.1) is 0 Å². The molecule has 0 unspecified atom stereocenters. The number of amides is 1. The summed E-state index contributed by atoms with van der Waals surface area (Å²) in [5.74, 6) is 0.254. The molecule has 1 heterocycles. The number of nitrogens with one attached hydrogen (secondary N) is 1. The third kappa shape index (κ3) is 4.24. The van der Waals surface area contributed by atoms with Crippen LogP contribution in [-0.2, 0) is 21.2 Å². The van der Waals surface area contributed by atoms with Gasteiger partial charge in [-0.05, 0) is 55.7 Å². The lowest BCUT2D eigenvalue weighted by atomic mass is 10.2. The smallest absolute Gasteiger partial charge is 0.264 e. The molecule has 1 aliphatic heterocycles. The Morgan fingerprint density at radius 2 is 1.89 bits per heavy atom. The van der Waals surface area contributed by atoms with E-state index in [9.17, 15) is 13.2 Å². The van der Waals surface area contributed by atoms with E-state index in [4.69, 9.17) is 4.74 Å². The number of anilines is 1. The van der Waals surface area contributed by atoms with Crippen LogP contribution in [0.25, 0.3) is 0 Å². The SMILES string of the molecule is CC[C@@H](C)NC(=O)COc1ccc(S(=O)(=O)N2CCc3ccccc32)cc1. The van der Waals surface area contributed by atoms with Gasteiger partial charge in [-0.3, -0.25) is 9.10 Å². The molecule has 0 saturated heterocycles. The third-order valence-electron chi connectivity index (χ3n) is 4.65. The van der Waals surface area contributed by atoms with Crippen molar-refractivity contribution in [3.05, 3.63) is 54.1 Å². The monoisotopic (exact) mass is 388 g/mol. The third-order valence-corrected chi connectivity index (χ3v) is 6.47. The molecule has 27 heavy (non-hydrogen) atoms. The van der Waals surface area contributed by atoms with Crippen LogP contribution in [0, 0.1) is 0 Å². The van der Waals surface area contributed by atoms with Gasteiger partial charge in [0, 0.05) is 12.6 Å². The molecule has 2 aromatic rings. The van der Waals surface area contributed by atoms with Gasteiger partial charge in [0.1, 0.15) is 5.75 Å². The number of carbonyl (C=O) groups is 1. The number of nitrogens with zero attached hydrogens (tertiary/aromatic N) is 1. The molecule has 0 bridgehead atoms. The number of hydrogen-bond acceptors (Lipinski definition) is 4. The average Bonchev–Trinajstić information content (AvgIpc) is 3.11. The van der Waals surface area contributed by atoms with Crippen molar-refractivity contribution in [1.82, 2.24) is 5.32 Å². The summed E-state index contributed by atoms with van der Waals surface area (Å²) in [6.45, 7) is 4.25. The van der Waals surface area contributed by atoms with E-state index in [2.05, 4.69) is 5.32 Å². The number of para-hydroxylation sites is 1. The van der Waals surface area contributed by atoms with Gasteiger partial charge in [0.25, 0.3) is 15.9 Å². The number of carbonyl (C=O) groups excluding carboxylic acids is 1. The predicted molar refractivity (Wildman–Crippen MR) is 105 cm³/mol. The van der Waals surface area contributed by atoms with Crippen molar-refractivity contribution in [2.75, 3.05) is 17.5 Å². The lowest BCUT2D eigenvalue weighted by Crippen LogP contribution is -2.35. The Kier molecular flexibility index (Phi) is 5.70. The maximum Gasteiger partial charge on any atom is 0.264 e. The van der Waals surface area contributed by atoms with Crippen LogP contribution in [-0.4, -0.2) is 33.5 Å². The molecule has 0 radical (unpaired) electrons. The molecule has 1 atom stereocenters. The lowest BCUT2D eigenvalue weighted by Gasteiger charge is -2.19. The van der Waals surface area contributed by atoms with Crippen LogP contribution in [0.2, 0.25) is 0 Å². The molecule has 0 fully saturated rings. The zero-order valence-corrected chi connectivity index (χ0v) is 16.3. The van der Waals surface area contributed by atoms with Gasteiger partial charge in [0.15, 0.2) is 6.61 Å². The molecule has 6 nitrogen and oxygen atoms in total. The first-order valence-electron chi connectivity index (χ1n) is 9.04. The lowest BCUT2D eigenvalue weighted by molar-refractivity contribution is -0.123. The van der Waals surface area contributed by atoms with Crippen molar-refractivity contribution in [2.45, 2.75) is 37.6 Å². The Labute approximate surface area is 160 Å². The zero-order chi connectivity index (χ0) is 19.4. The quantitative estimate of drug-likeness (QED) is 0.791. The zero-order valence-electron chi connectivity index (χ0n) is 15.5. The van der Waals surface area contributed by atoms with Gasteiger partial charge in [0.2, 0.25) is 0 Å². The second-order valence-corrected chi connectivity index (χ2v) is 8.46. The van der Waals surface area contributed by atoms with E-state index in [0.29, 0.717) is 18.7 Å². The van der Waals surface area contributed by atoms with Gasteiger partial charge in [-0.25, -0.2) is 8.42 Å². The molecule has 2 aromatic carbocycles. The Balaban J connectivity index is 1.67. The molecule has 0 saturated carbocycles. The predicted octanol–water partition coefficient (Wildman–Crippen LogP) is 2.73. The van der Waals surface area contributed by atoms with Crippen molar-refractivity contribution in [1.29, 1.82) is 0 Å². The minimum Gasteiger partial charge on any atom is -0.484 e. The van der Waals surface area contributed by atoms with Crippen LogP contribution >= 0.6 is 0 Å². The van der Waals surface area contributed by atoms with Gasteiger partial charge < -0.3 is 10.1 Å². The van der Waals surface area contributed by atoms with Crippen molar-refractivity contribution in [3.63, 3.8) is 0 Å². The van der Waals surface area contributed by atoms with E-state index in [1.165, 1.54) is 16.4 Å².